The first-order chi connectivity index (χ1) is 11.1. The van der Waals surface area contributed by atoms with Crippen LogP contribution in [0.4, 0.5) is 4.79 Å². The summed E-state index contributed by atoms with van der Waals surface area (Å²) in [5.41, 5.74) is 6.03. The summed E-state index contributed by atoms with van der Waals surface area (Å²) in [4.78, 5) is 25.2. The maximum absolute atomic E-state index is 11.9. The molecular formula is C16H24N4O4. The summed E-state index contributed by atoms with van der Waals surface area (Å²) in [6.45, 7) is 5.74. The van der Waals surface area contributed by atoms with E-state index in [9.17, 15) is 9.59 Å². The molecule has 0 radical (unpaired) electrons. The Hall–Kier alpha value is -2.77. The Morgan fingerprint density at radius 1 is 1.29 bits per heavy atom. The van der Waals surface area contributed by atoms with E-state index in [1.165, 1.54) is 4.90 Å². The van der Waals surface area contributed by atoms with Gasteiger partial charge in [0.2, 0.25) is 0 Å². The summed E-state index contributed by atoms with van der Waals surface area (Å²) in [6, 6.07) is 6.78. The van der Waals surface area contributed by atoms with Crippen molar-refractivity contribution in [1.29, 1.82) is 0 Å². The quantitative estimate of drug-likeness (QED) is 0.326. The molecule has 1 aromatic carbocycles. The van der Waals surface area contributed by atoms with Crippen molar-refractivity contribution in [2.24, 2.45) is 10.9 Å². The lowest BCUT2D eigenvalue weighted by molar-refractivity contribution is 0.0285. The van der Waals surface area contributed by atoms with E-state index in [1.807, 2.05) is 0 Å². The fourth-order valence-electron chi connectivity index (χ4n) is 1.75. The maximum Gasteiger partial charge on any atom is 0.410 e. The number of benzene rings is 1. The number of nitrogens with two attached hydrogens (primary N) is 1. The summed E-state index contributed by atoms with van der Waals surface area (Å²) in [7, 11) is 1.64. The average molecular weight is 336 g/mol. The van der Waals surface area contributed by atoms with Crippen LogP contribution in [0, 0.1) is 0 Å². The van der Waals surface area contributed by atoms with Crippen molar-refractivity contribution < 1.29 is 19.5 Å². The van der Waals surface area contributed by atoms with E-state index in [4.69, 9.17) is 15.7 Å². The van der Waals surface area contributed by atoms with Gasteiger partial charge in [0.1, 0.15) is 5.60 Å². The van der Waals surface area contributed by atoms with Crippen LogP contribution in [0.15, 0.2) is 29.4 Å². The second kappa shape index (κ2) is 8.19. The van der Waals surface area contributed by atoms with E-state index < -0.39 is 11.7 Å². The molecule has 0 aliphatic rings. The SMILES string of the molecule is CN(Cc1ccc(C(=O)NC/C(N)=N\O)cc1)C(=O)OC(C)(C)C. The zero-order chi connectivity index (χ0) is 18.3. The molecule has 8 nitrogen and oxygen atoms in total. The van der Waals surface area contributed by atoms with Gasteiger partial charge in [0, 0.05) is 19.2 Å². The molecule has 0 spiro atoms. The number of carbonyl (C=O) groups is 2. The molecule has 4 N–H and O–H groups in total. The molecule has 1 rings (SSSR count). The highest BCUT2D eigenvalue weighted by Gasteiger charge is 2.19. The van der Waals surface area contributed by atoms with Crippen LogP contribution >= 0.6 is 0 Å². The van der Waals surface area contributed by atoms with E-state index in [0.717, 1.165) is 5.56 Å². The van der Waals surface area contributed by atoms with Crippen molar-refractivity contribution in [3.05, 3.63) is 35.4 Å². The van der Waals surface area contributed by atoms with Crippen molar-refractivity contribution in [3.8, 4) is 0 Å². The van der Waals surface area contributed by atoms with Crippen molar-refractivity contribution in [2.45, 2.75) is 32.9 Å². The number of hydrogen-bond acceptors (Lipinski definition) is 5. The predicted octanol–water partition coefficient (Wildman–Crippen LogP) is 1.53. The summed E-state index contributed by atoms with van der Waals surface area (Å²) in [5.74, 6) is -0.424. The van der Waals surface area contributed by atoms with Gasteiger partial charge in [-0.3, -0.25) is 4.79 Å². The second-order valence-corrected chi connectivity index (χ2v) is 6.31. The van der Waals surface area contributed by atoms with Crippen LogP contribution < -0.4 is 11.1 Å². The number of ether oxygens (including phenoxy) is 1. The van der Waals surface area contributed by atoms with Gasteiger partial charge in [-0.25, -0.2) is 4.79 Å². The Labute approximate surface area is 141 Å². The molecule has 0 aromatic heterocycles. The molecule has 24 heavy (non-hydrogen) atoms. The summed E-state index contributed by atoms with van der Waals surface area (Å²) >= 11 is 0. The van der Waals surface area contributed by atoms with E-state index in [2.05, 4.69) is 10.5 Å². The van der Waals surface area contributed by atoms with E-state index in [-0.39, 0.29) is 18.3 Å². The first-order valence-corrected chi connectivity index (χ1v) is 7.40. The molecule has 0 heterocycles. The van der Waals surface area contributed by atoms with Crippen molar-refractivity contribution in [3.63, 3.8) is 0 Å². The molecule has 2 amide bonds. The lowest BCUT2D eigenvalue weighted by Gasteiger charge is -2.24. The van der Waals surface area contributed by atoms with Crippen LogP contribution in [0.25, 0.3) is 0 Å². The maximum atomic E-state index is 11.9. The molecule has 132 valence electrons. The Kier molecular flexibility index (Phi) is 6.58. The zero-order valence-electron chi connectivity index (χ0n) is 14.4. The number of oxime groups is 1. The van der Waals surface area contributed by atoms with Gasteiger partial charge < -0.3 is 25.9 Å². The molecule has 8 heteroatoms. The largest absolute Gasteiger partial charge is 0.444 e. The Balaban J connectivity index is 2.61. The standard InChI is InChI=1S/C16H24N4O4/c1-16(2,3)24-15(22)20(4)10-11-5-7-12(8-6-11)14(21)18-9-13(17)19-23/h5-8,23H,9-10H2,1-4H3,(H2,17,19)(H,18,21). The minimum Gasteiger partial charge on any atom is -0.444 e. The second-order valence-electron chi connectivity index (χ2n) is 6.31. The molecule has 0 fully saturated rings. The number of nitrogens with zero attached hydrogens (tertiary/aromatic N) is 2. The van der Waals surface area contributed by atoms with Gasteiger partial charge >= 0.3 is 6.09 Å². The zero-order valence-corrected chi connectivity index (χ0v) is 14.4. The van der Waals surface area contributed by atoms with Gasteiger partial charge in [0.05, 0.1) is 6.54 Å². The molecule has 0 aliphatic carbocycles. The Bertz CT molecular complexity index is 605. The highest BCUT2D eigenvalue weighted by molar-refractivity contribution is 5.96. The topological polar surface area (TPSA) is 117 Å². The lowest BCUT2D eigenvalue weighted by atomic mass is 10.1. The van der Waals surface area contributed by atoms with Gasteiger partial charge in [-0.15, -0.1) is 0 Å². The van der Waals surface area contributed by atoms with Crippen molar-refractivity contribution in [1.82, 2.24) is 10.2 Å². The summed E-state index contributed by atoms with van der Waals surface area (Å²) < 4.78 is 5.28. The monoisotopic (exact) mass is 336 g/mol. The minimum absolute atomic E-state index is 0.0432. The molecule has 0 aliphatic heterocycles. The smallest absolute Gasteiger partial charge is 0.410 e. The van der Waals surface area contributed by atoms with Crippen LogP contribution in [-0.2, 0) is 11.3 Å². The van der Waals surface area contributed by atoms with E-state index in [0.29, 0.717) is 12.1 Å². The van der Waals surface area contributed by atoms with Gasteiger partial charge in [0.15, 0.2) is 5.84 Å². The third kappa shape index (κ3) is 6.55. The van der Waals surface area contributed by atoms with Gasteiger partial charge in [-0.05, 0) is 38.5 Å². The lowest BCUT2D eigenvalue weighted by Crippen LogP contribution is -2.34. The fourth-order valence-corrected chi connectivity index (χ4v) is 1.75. The first-order valence-electron chi connectivity index (χ1n) is 7.40. The molecular weight excluding hydrogens is 312 g/mol. The molecule has 0 atom stereocenters. The molecule has 1 aromatic rings. The number of nitrogens with one attached hydrogen (secondary N) is 1. The van der Waals surface area contributed by atoms with Crippen LogP contribution in [-0.4, -0.2) is 47.1 Å². The van der Waals surface area contributed by atoms with E-state index >= 15 is 0 Å². The van der Waals surface area contributed by atoms with Gasteiger partial charge in [-0.2, -0.15) is 0 Å². The number of rotatable bonds is 5. The van der Waals surface area contributed by atoms with Crippen LogP contribution in [0.3, 0.4) is 0 Å². The first kappa shape index (κ1) is 19.3. The predicted molar refractivity (Wildman–Crippen MR) is 89.9 cm³/mol. The van der Waals surface area contributed by atoms with Gasteiger partial charge in [-0.1, -0.05) is 17.3 Å². The van der Waals surface area contributed by atoms with Crippen molar-refractivity contribution in [2.75, 3.05) is 13.6 Å². The third-order valence-electron chi connectivity index (χ3n) is 2.90. The molecule has 0 bridgehead atoms. The number of amidine groups is 1. The van der Waals surface area contributed by atoms with Crippen LogP contribution in [0.5, 0.6) is 0 Å². The number of amides is 2. The Morgan fingerprint density at radius 3 is 2.38 bits per heavy atom. The number of carbonyl (C=O) groups excluding carboxylic acids is 2. The Morgan fingerprint density at radius 2 is 1.88 bits per heavy atom. The van der Waals surface area contributed by atoms with Crippen LogP contribution in [0.2, 0.25) is 0 Å². The summed E-state index contributed by atoms with van der Waals surface area (Å²) in [5, 5.41) is 13.7. The van der Waals surface area contributed by atoms with Crippen molar-refractivity contribution >= 4 is 17.8 Å². The third-order valence-corrected chi connectivity index (χ3v) is 2.90. The minimum atomic E-state index is -0.549. The average Bonchev–Trinajstić information content (AvgIpc) is 2.51. The normalized spacial score (nSPS) is 11.8. The molecule has 0 saturated carbocycles. The van der Waals surface area contributed by atoms with Gasteiger partial charge in [0.25, 0.3) is 5.91 Å². The highest BCUT2D eigenvalue weighted by Crippen LogP contribution is 2.12. The number of hydrogen-bond donors (Lipinski definition) is 3. The van der Waals surface area contributed by atoms with Crippen LogP contribution in [0.1, 0.15) is 36.7 Å². The summed E-state index contributed by atoms with van der Waals surface area (Å²) in [6.07, 6.45) is -0.414. The molecule has 0 unspecified atom stereocenters. The molecule has 0 saturated heterocycles. The fraction of sp³-hybridized carbons (Fsp3) is 0.438. The highest BCUT2D eigenvalue weighted by atomic mass is 16.6. The van der Waals surface area contributed by atoms with E-state index in [1.54, 1.807) is 52.1 Å².